The Morgan fingerprint density at radius 3 is 2.58 bits per heavy atom. The first-order valence-electron chi connectivity index (χ1n) is 9.98. The molecule has 0 aliphatic carbocycles. The molecule has 2 aromatic carbocycles. The maximum atomic E-state index is 12.8. The molecule has 0 spiro atoms. The maximum Gasteiger partial charge on any atom is 0.338 e. The number of carbonyl (C=O) groups is 3. The molecule has 2 N–H and O–H groups in total. The molecule has 0 saturated carbocycles. The molecule has 0 saturated heterocycles. The van der Waals surface area contributed by atoms with Gasteiger partial charge in [-0.15, -0.1) is 0 Å². The van der Waals surface area contributed by atoms with Crippen LogP contribution in [0, 0.1) is 6.92 Å². The first-order valence-corrected chi connectivity index (χ1v) is 10.4. The second kappa shape index (κ2) is 8.81. The van der Waals surface area contributed by atoms with Crippen LogP contribution in [0.4, 0.5) is 4.79 Å². The highest BCUT2D eigenvalue weighted by molar-refractivity contribution is 6.30. The standard InChI is InChI=1S/C23H22ClN3O4/c1-14-2-6-16(7-3-14)21-20-18(13-31-22(20)29)27(23(30)26-21)12-19(28)25-11-10-15-4-8-17(24)9-5-15/h2-9,21H,10-13H2,1H3,(H,25,28)(H,26,30)/t21-/m1/s1. The van der Waals surface area contributed by atoms with Gasteiger partial charge in [0.15, 0.2) is 0 Å². The molecule has 2 aliphatic heterocycles. The van der Waals surface area contributed by atoms with Crippen LogP contribution in [-0.4, -0.2) is 42.5 Å². The van der Waals surface area contributed by atoms with Crippen molar-refractivity contribution in [1.82, 2.24) is 15.5 Å². The summed E-state index contributed by atoms with van der Waals surface area (Å²) in [4.78, 5) is 38.9. The van der Waals surface area contributed by atoms with Gasteiger partial charge in [0.25, 0.3) is 0 Å². The monoisotopic (exact) mass is 439 g/mol. The number of esters is 1. The molecule has 2 heterocycles. The van der Waals surface area contributed by atoms with Crippen molar-refractivity contribution in [3.05, 3.63) is 81.5 Å². The molecule has 4 rings (SSSR count). The van der Waals surface area contributed by atoms with Gasteiger partial charge in [-0.2, -0.15) is 0 Å². The first-order chi connectivity index (χ1) is 14.9. The Bertz CT molecular complexity index is 1050. The summed E-state index contributed by atoms with van der Waals surface area (Å²) >= 11 is 5.88. The van der Waals surface area contributed by atoms with Crippen LogP contribution in [0.5, 0.6) is 0 Å². The summed E-state index contributed by atoms with van der Waals surface area (Å²) in [5, 5.41) is 6.30. The van der Waals surface area contributed by atoms with Crippen molar-refractivity contribution < 1.29 is 19.1 Å². The van der Waals surface area contributed by atoms with E-state index >= 15 is 0 Å². The fourth-order valence-electron chi connectivity index (χ4n) is 3.68. The second-order valence-electron chi connectivity index (χ2n) is 7.54. The lowest BCUT2D eigenvalue weighted by molar-refractivity contribution is -0.136. The molecule has 2 aromatic rings. The van der Waals surface area contributed by atoms with Gasteiger partial charge < -0.3 is 15.4 Å². The lowest BCUT2D eigenvalue weighted by Gasteiger charge is -2.32. The van der Waals surface area contributed by atoms with Crippen molar-refractivity contribution in [2.24, 2.45) is 0 Å². The maximum absolute atomic E-state index is 12.8. The average molecular weight is 440 g/mol. The molecule has 7 nitrogen and oxygen atoms in total. The van der Waals surface area contributed by atoms with E-state index in [0.29, 0.717) is 29.3 Å². The molecular weight excluding hydrogens is 418 g/mol. The summed E-state index contributed by atoms with van der Waals surface area (Å²) in [5.41, 5.74) is 3.72. The van der Waals surface area contributed by atoms with E-state index < -0.39 is 18.0 Å². The predicted octanol–water partition coefficient (Wildman–Crippen LogP) is 2.88. The largest absolute Gasteiger partial charge is 0.456 e. The number of ether oxygens (including phenoxy) is 1. The third kappa shape index (κ3) is 4.56. The van der Waals surface area contributed by atoms with Crippen LogP contribution in [0.25, 0.3) is 0 Å². The molecule has 1 atom stereocenters. The zero-order valence-electron chi connectivity index (χ0n) is 17.0. The topological polar surface area (TPSA) is 87.7 Å². The van der Waals surface area contributed by atoms with Crippen LogP contribution in [0.2, 0.25) is 5.02 Å². The van der Waals surface area contributed by atoms with Crippen LogP contribution < -0.4 is 10.6 Å². The molecule has 0 unspecified atom stereocenters. The lowest BCUT2D eigenvalue weighted by Crippen LogP contribution is -2.50. The van der Waals surface area contributed by atoms with Crippen molar-refractivity contribution in [1.29, 1.82) is 0 Å². The molecule has 3 amide bonds. The fourth-order valence-corrected chi connectivity index (χ4v) is 3.81. The molecule has 160 valence electrons. The molecule has 31 heavy (non-hydrogen) atoms. The third-order valence-electron chi connectivity index (χ3n) is 5.36. The number of rotatable bonds is 6. The summed E-state index contributed by atoms with van der Waals surface area (Å²) in [6.07, 6.45) is 0.639. The Kier molecular flexibility index (Phi) is 5.95. The number of nitrogens with zero attached hydrogens (tertiary/aromatic N) is 1. The van der Waals surface area contributed by atoms with Crippen LogP contribution in [0.1, 0.15) is 22.7 Å². The Hall–Kier alpha value is -3.32. The van der Waals surface area contributed by atoms with Gasteiger partial charge in [-0.3, -0.25) is 9.69 Å². The summed E-state index contributed by atoms with van der Waals surface area (Å²) in [6, 6.07) is 13.9. The van der Waals surface area contributed by atoms with Crippen molar-refractivity contribution >= 4 is 29.5 Å². The zero-order valence-corrected chi connectivity index (χ0v) is 17.7. The van der Waals surface area contributed by atoms with Crippen LogP contribution in [0.3, 0.4) is 0 Å². The fraction of sp³-hybridized carbons (Fsp3) is 0.261. The number of halogens is 1. The van der Waals surface area contributed by atoms with E-state index in [1.54, 1.807) is 12.1 Å². The molecule has 8 heteroatoms. The zero-order chi connectivity index (χ0) is 22.0. The van der Waals surface area contributed by atoms with Gasteiger partial charge in [-0.1, -0.05) is 53.6 Å². The third-order valence-corrected chi connectivity index (χ3v) is 5.61. The number of cyclic esters (lactones) is 1. The summed E-state index contributed by atoms with van der Waals surface area (Å²) in [5.74, 6) is -0.794. The highest BCUT2D eigenvalue weighted by Gasteiger charge is 2.42. The lowest BCUT2D eigenvalue weighted by atomic mass is 9.95. The molecule has 0 aromatic heterocycles. The Labute approximate surface area is 185 Å². The number of nitrogens with one attached hydrogen (secondary N) is 2. The van der Waals surface area contributed by atoms with E-state index in [2.05, 4.69) is 10.6 Å². The molecular formula is C23H22ClN3O4. The van der Waals surface area contributed by atoms with Crippen LogP contribution in [0.15, 0.2) is 59.8 Å². The van der Waals surface area contributed by atoms with Crippen molar-refractivity contribution in [3.8, 4) is 0 Å². The van der Waals surface area contributed by atoms with Crippen LogP contribution >= 0.6 is 11.6 Å². The van der Waals surface area contributed by atoms with Crippen molar-refractivity contribution in [2.75, 3.05) is 19.7 Å². The van der Waals surface area contributed by atoms with E-state index in [1.165, 1.54) is 4.90 Å². The molecule has 0 radical (unpaired) electrons. The smallest absolute Gasteiger partial charge is 0.338 e. The normalized spacial score (nSPS) is 17.9. The first kappa shape index (κ1) is 20.9. The number of urea groups is 1. The van der Waals surface area contributed by atoms with E-state index in [9.17, 15) is 14.4 Å². The number of hydrogen-bond acceptors (Lipinski definition) is 4. The minimum absolute atomic E-state index is 0.0258. The summed E-state index contributed by atoms with van der Waals surface area (Å²) in [6.45, 7) is 2.17. The minimum atomic E-state index is -0.595. The number of benzene rings is 2. The number of amides is 3. The van der Waals surface area contributed by atoms with E-state index in [4.69, 9.17) is 16.3 Å². The van der Waals surface area contributed by atoms with Gasteiger partial charge in [0.1, 0.15) is 13.2 Å². The van der Waals surface area contributed by atoms with E-state index in [-0.39, 0.29) is 19.1 Å². The van der Waals surface area contributed by atoms with Crippen molar-refractivity contribution in [3.63, 3.8) is 0 Å². The quantitative estimate of drug-likeness (QED) is 0.677. The van der Waals surface area contributed by atoms with E-state index in [0.717, 1.165) is 16.7 Å². The van der Waals surface area contributed by atoms with Gasteiger partial charge in [-0.25, -0.2) is 9.59 Å². The Morgan fingerprint density at radius 1 is 1.16 bits per heavy atom. The van der Waals surface area contributed by atoms with Gasteiger partial charge in [-0.05, 0) is 36.6 Å². The Balaban J connectivity index is 1.44. The van der Waals surface area contributed by atoms with Crippen LogP contribution in [-0.2, 0) is 20.7 Å². The summed E-state index contributed by atoms with van der Waals surface area (Å²) < 4.78 is 5.19. The summed E-state index contributed by atoms with van der Waals surface area (Å²) in [7, 11) is 0. The Morgan fingerprint density at radius 2 is 1.87 bits per heavy atom. The van der Waals surface area contributed by atoms with Gasteiger partial charge in [0.05, 0.1) is 17.3 Å². The van der Waals surface area contributed by atoms with E-state index in [1.807, 2.05) is 43.3 Å². The minimum Gasteiger partial charge on any atom is -0.456 e. The number of aryl methyl sites for hydroxylation is 1. The molecule has 2 aliphatic rings. The highest BCUT2D eigenvalue weighted by atomic mass is 35.5. The molecule has 0 bridgehead atoms. The average Bonchev–Trinajstić information content (AvgIpc) is 3.13. The number of hydrogen-bond donors (Lipinski definition) is 2. The van der Waals surface area contributed by atoms with Gasteiger partial charge in [0, 0.05) is 11.6 Å². The SMILES string of the molecule is Cc1ccc([C@H]2NC(=O)N(CC(=O)NCCc3ccc(Cl)cc3)C3=C2C(=O)OC3)cc1. The molecule has 0 fully saturated rings. The van der Waals surface area contributed by atoms with Gasteiger partial charge in [0.2, 0.25) is 5.91 Å². The second-order valence-corrected chi connectivity index (χ2v) is 7.98. The predicted molar refractivity (Wildman–Crippen MR) is 115 cm³/mol. The number of carbonyl (C=O) groups excluding carboxylic acids is 3. The van der Waals surface area contributed by atoms with Gasteiger partial charge >= 0.3 is 12.0 Å². The highest BCUT2D eigenvalue weighted by Crippen LogP contribution is 2.34. The van der Waals surface area contributed by atoms with Crippen molar-refractivity contribution in [2.45, 2.75) is 19.4 Å².